The highest BCUT2D eigenvalue weighted by Crippen LogP contribution is 2.34. The zero-order valence-electron chi connectivity index (χ0n) is 5.67. The van der Waals surface area contributed by atoms with Crippen LogP contribution in [0.2, 0.25) is 4.34 Å². The van der Waals surface area contributed by atoms with Crippen molar-refractivity contribution < 1.29 is 5.21 Å². The zero-order chi connectivity index (χ0) is 7.84. The molecule has 0 unspecified atom stereocenters. The minimum Gasteiger partial charge on any atom is -0.411 e. The van der Waals surface area contributed by atoms with Crippen LogP contribution in [0.3, 0.4) is 0 Å². The van der Waals surface area contributed by atoms with Crippen molar-refractivity contribution >= 4 is 28.6 Å². The molecule has 2 rings (SSSR count). The molecule has 4 heteroatoms. The number of hydrogen-bond donors (Lipinski definition) is 1. The highest BCUT2D eigenvalue weighted by atomic mass is 35.5. The molecule has 0 aliphatic heterocycles. The van der Waals surface area contributed by atoms with Gasteiger partial charge in [0.25, 0.3) is 0 Å². The molecule has 0 atom stereocenters. The summed E-state index contributed by atoms with van der Waals surface area (Å²) >= 11 is 7.39. The van der Waals surface area contributed by atoms with Gasteiger partial charge in [0, 0.05) is 10.9 Å². The van der Waals surface area contributed by atoms with Crippen molar-refractivity contribution in [2.75, 3.05) is 0 Å². The summed E-state index contributed by atoms with van der Waals surface area (Å²) in [5.41, 5.74) is 2.94. The molecule has 1 N–H and O–H groups in total. The summed E-state index contributed by atoms with van der Waals surface area (Å²) in [5, 5.41) is 13.7. The van der Waals surface area contributed by atoms with Gasteiger partial charge in [0.05, 0.1) is 10.0 Å². The van der Waals surface area contributed by atoms with Gasteiger partial charge in [0.1, 0.15) is 0 Å². The highest BCUT2D eigenvalue weighted by molar-refractivity contribution is 7.14. The molecule has 0 aromatic carbocycles. The third-order valence-corrected chi connectivity index (χ3v) is 3.19. The normalized spacial score (nSPS) is 19.2. The van der Waals surface area contributed by atoms with E-state index in [4.69, 9.17) is 16.8 Å². The molecule has 1 aromatic rings. The predicted octanol–water partition coefficient (Wildman–Crippen LogP) is 2.53. The lowest BCUT2D eigenvalue weighted by Crippen LogP contribution is -1.90. The fourth-order valence-electron chi connectivity index (χ4n) is 1.32. The van der Waals surface area contributed by atoms with Crippen molar-refractivity contribution in [3.05, 3.63) is 20.8 Å². The first-order chi connectivity index (χ1) is 5.33. The lowest BCUT2D eigenvalue weighted by Gasteiger charge is -1.87. The minimum absolute atomic E-state index is 0.767. The molecule has 0 saturated heterocycles. The molecule has 0 radical (unpaired) electrons. The third-order valence-electron chi connectivity index (χ3n) is 1.89. The Hall–Kier alpha value is -0.540. The molecule has 0 fully saturated rings. The maximum Gasteiger partial charge on any atom is 0.0967 e. The standard InChI is InChI=1S/C7H6ClNOS/c8-7-4-1-2-6(9-10)5(4)3-11-7/h3,10H,1-2H2. The summed E-state index contributed by atoms with van der Waals surface area (Å²) in [6.45, 7) is 0. The van der Waals surface area contributed by atoms with Gasteiger partial charge in [-0.05, 0) is 18.4 Å². The van der Waals surface area contributed by atoms with Crippen LogP contribution in [0.1, 0.15) is 17.5 Å². The minimum atomic E-state index is 0.767. The quantitative estimate of drug-likeness (QED) is 0.491. The van der Waals surface area contributed by atoms with Gasteiger partial charge in [-0.25, -0.2) is 0 Å². The summed E-state index contributed by atoms with van der Waals surface area (Å²) < 4.78 is 0.832. The van der Waals surface area contributed by atoms with E-state index in [0.29, 0.717) is 0 Å². The van der Waals surface area contributed by atoms with E-state index in [2.05, 4.69) is 5.16 Å². The molecule has 0 bridgehead atoms. The largest absolute Gasteiger partial charge is 0.411 e. The van der Waals surface area contributed by atoms with E-state index in [0.717, 1.165) is 34.0 Å². The molecule has 0 saturated carbocycles. The lowest BCUT2D eigenvalue weighted by atomic mass is 10.2. The molecule has 1 aliphatic rings. The van der Waals surface area contributed by atoms with Crippen molar-refractivity contribution in [1.82, 2.24) is 0 Å². The summed E-state index contributed by atoms with van der Waals surface area (Å²) in [6, 6.07) is 0. The molecular weight excluding hydrogens is 182 g/mol. The summed E-state index contributed by atoms with van der Waals surface area (Å²) in [5.74, 6) is 0. The molecule has 0 spiro atoms. The Bertz CT molecular complexity index is 318. The van der Waals surface area contributed by atoms with Crippen molar-refractivity contribution in [3.63, 3.8) is 0 Å². The third kappa shape index (κ3) is 0.957. The van der Waals surface area contributed by atoms with Crippen LogP contribution in [0.5, 0.6) is 0 Å². The Kier molecular flexibility index (Phi) is 1.62. The zero-order valence-corrected chi connectivity index (χ0v) is 7.24. The van der Waals surface area contributed by atoms with Crippen molar-refractivity contribution in [3.8, 4) is 0 Å². The Morgan fingerprint density at radius 1 is 1.55 bits per heavy atom. The molecule has 1 aliphatic carbocycles. The molecule has 0 amide bonds. The smallest absolute Gasteiger partial charge is 0.0967 e. The average Bonchev–Trinajstić information content (AvgIpc) is 2.53. The number of halogens is 1. The summed E-state index contributed by atoms with van der Waals surface area (Å²) in [6.07, 6.45) is 1.73. The van der Waals surface area contributed by atoms with Crippen LogP contribution in [-0.2, 0) is 6.42 Å². The van der Waals surface area contributed by atoms with Crippen LogP contribution >= 0.6 is 22.9 Å². The topological polar surface area (TPSA) is 32.6 Å². The summed E-state index contributed by atoms with van der Waals surface area (Å²) in [7, 11) is 0. The van der Waals surface area contributed by atoms with Gasteiger partial charge in [0.2, 0.25) is 0 Å². The van der Waals surface area contributed by atoms with Gasteiger partial charge in [-0.1, -0.05) is 16.8 Å². The van der Waals surface area contributed by atoms with Crippen LogP contribution in [0.4, 0.5) is 0 Å². The Morgan fingerprint density at radius 3 is 3.09 bits per heavy atom. The van der Waals surface area contributed by atoms with E-state index in [1.165, 1.54) is 11.3 Å². The second-order valence-corrected chi connectivity index (χ2v) is 3.93. The number of fused-ring (bicyclic) bond motifs is 1. The van der Waals surface area contributed by atoms with E-state index in [1.807, 2.05) is 5.38 Å². The lowest BCUT2D eigenvalue weighted by molar-refractivity contribution is 0.318. The maximum atomic E-state index is 8.57. The fraction of sp³-hybridized carbons (Fsp3) is 0.286. The first kappa shape index (κ1) is 7.13. The van der Waals surface area contributed by atoms with Gasteiger partial charge < -0.3 is 5.21 Å². The number of oxime groups is 1. The first-order valence-electron chi connectivity index (χ1n) is 3.30. The Morgan fingerprint density at radius 2 is 2.36 bits per heavy atom. The van der Waals surface area contributed by atoms with Crippen LogP contribution in [0.25, 0.3) is 0 Å². The van der Waals surface area contributed by atoms with E-state index in [1.54, 1.807) is 0 Å². The molecule has 1 heterocycles. The van der Waals surface area contributed by atoms with Crippen molar-refractivity contribution in [2.45, 2.75) is 12.8 Å². The van der Waals surface area contributed by atoms with Crippen molar-refractivity contribution in [1.29, 1.82) is 0 Å². The number of thiophene rings is 1. The number of rotatable bonds is 0. The molecule has 58 valence electrons. The van der Waals surface area contributed by atoms with E-state index in [-0.39, 0.29) is 0 Å². The fourth-order valence-corrected chi connectivity index (χ4v) is 2.50. The van der Waals surface area contributed by atoms with E-state index in [9.17, 15) is 0 Å². The predicted molar refractivity (Wildman–Crippen MR) is 46.0 cm³/mol. The maximum absolute atomic E-state index is 8.57. The second kappa shape index (κ2) is 2.50. The van der Waals surface area contributed by atoms with Gasteiger partial charge >= 0.3 is 0 Å². The summed E-state index contributed by atoms with van der Waals surface area (Å²) in [4.78, 5) is 0. The molecule has 2 nitrogen and oxygen atoms in total. The van der Waals surface area contributed by atoms with Crippen LogP contribution in [0.15, 0.2) is 10.5 Å². The SMILES string of the molecule is ON=C1CCc2c1csc2Cl. The number of hydrogen-bond acceptors (Lipinski definition) is 3. The van der Waals surface area contributed by atoms with E-state index < -0.39 is 0 Å². The van der Waals surface area contributed by atoms with Crippen LogP contribution < -0.4 is 0 Å². The molecule has 11 heavy (non-hydrogen) atoms. The second-order valence-electron chi connectivity index (χ2n) is 2.45. The highest BCUT2D eigenvalue weighted by Gasteiger charge is 2.21. The Balaban J connectivity index is 2.56. The van der Waals surface area contributed by atoms with Crippen LogP contribution in [-0.4, -0.2) is 10.9 Å². The van der Waals surface area contributed by atoms with Gasteiger partial charge in [0.15, 0.2) is 0 Å². The molecule has 1 aromatic heterocycles. The van der Waals surface area contributed by atoms with Gasteiger partial charge in [-0.2, -0.15) is 0 Å². The average molecular weight is 188 g/mol. The first-order valence-corrected chi connectivity index (χ1v) is 4.56. The van der Waals surface area contributed by atoms with Gasteiger partial charge in [-0.15, -0.1) is 11.3 Å². The molecular formula is C7H6ClNOS. The van der Waals surface area contributed by atoms with Gasteiger partial charge in [-0.3, -0.25) is 0 Å². The Labute approximate surface area is 73.1 Å². The number of nitrogens with zero attached hydrogens (tertiary/aromatic N) is 1. The van der Waals surface area contributed by atoms with Crippen molar-refractivity contribution in [2.24, 2.45) is 5.16 Å². The van der Waals surface area contributed by atoms with E-state index >= 15 is 0 Å². The monoisotopic (exact) mass is 187 g/mol. The van der Waals surface area contributed by atoms with Crippen LogP contribution in [0, 0.1) is 0 Å².